The number of rotatable bonds is 4. The Morgan fingerprint density at radius 3 is 2.25 bits per heavy atom. The topological polar surface area (TPSA) is 73.3 Å². The van der Waals surface area contributed by atoms with Crippen LogP contribution in [0.25, 0.3) is 0 Å². The molecule has 112 valence electrons. The molecule has 0 aliphatic carbocycles. The molecular formula is C11H14Cl3N3O3. The van der Waals surface area contributed by atoms with Crippen LogP contribution in [0.1, 0.15) is 20.8 Å². The summed E-state index contributed by atoms with van der Waals surface area (Å²) in [5.74, 6) is 0.115. The van der Waals surface area contributed by atoms with E-state index >= 15 is 0 Å². The van der Waals surface area contributed by atoms with Crippen LogP contribution in [0, 0.1) is 0 Å². The summed E-state index contributed by atoms with van der Waals surface area (Å²) >= 11 is 17.2. The second-order valence-corrected chi connectivity index (χ2v) is 5.73. The number of carbonyl (C=O) groups excluding carboxylic acids is 1. The summed E-state index contributed by atoms with van der Waals surface area (Å²) in [5.41, 5.74) is -0.554. The summed E-state index contributed by atoms with van der Waals surface area (Å²) in [6.07, 6.45) is -0.536. The van der Waals surface area contributed by atoms with Gasteiger partial charge in [-0.2, -0.15) is 0 Å². The fraction of sp³-hybridized carbons (Fsp3) is 0.545. The van der Waals surface area contributed by atoms with E-state index in [1.807, 2.05) is 0 Å². The molecule has 0 spiro atoms. The van der Waals surface area contributed by atoms with Gasteiger partial charge in [-0.1, -0.05) is 23.2 Å². The molecule has 0 unspecified atom stereocenters. The Morgan fingerprint density at radius 1 is 1.20 bits per heavy atom. The molecule has 1 aromatic heterocycles. The minimum absolute atomic E-state index is 0.00673. The molecule has 9 heteroatoms. The van der Waals surface area contributed by atoms with Crippen LogP contribution in [0.15, 0.2) is 0 Å². The fourth-order valence-corrected chi connectivity index (χ4v) is 1.87. The van der Waals surface area contributed by atoms with E-state index in [2.05, 4.69) is 15.3 Å². The maximum Gasteiger partial charge on any atom is 0.407 e. The summed E-state index contributed by atoms with van der Waals surface area (Å²) < 4.78 is 10.3. The van der Waals surface area contributed by atoms with Gasteiger partial charge in [0.2, 0.25) is 5.28 Å². The third-order valence-corrected chi connectivity index (χ3v) is 2.45. The highest BCUT2D eigenvalue weighted by molar-refractivity contribution is 6.37. The molecule has 6 nitrogen and oxygen atoms in total. The van der Waals surface area contributed by atoms with E-state index < -0.39 is 11.7 Å². The Bertz CT molecular complexity index is 469. The van der Waals surface area contributed by atoms with Crippen molar-refractivity contribution < 1.29 is 14.3 Å². The van der Waals surface area contributed by atoms with Crippen molar-refractivity contribution in [1.82, 2.24) is 15.3 Å². The largest absolute Gasteiger partial charge is 0.485 e. The first-order valence-corrected chi connectivity index (χ1v) is 6.80. The second-order valence-electron chi connectivity index (χ2n) is 4.68. The van der Waals surface area contributed by atoms with Crippen molar-refractivity contribution in [2.45, 2.75) is 26.4 Å². The normalized spacial score (nSPS) is 11.1. The molecule has 0 radical (unpaired) electrons. The number of nitrogens with zero attached hydrogens (tertiary/aromatic N) is 2. The van der Waals surface area contributed by atoms with E-state index in [1.165, 1.54) is 0 Å². The Kier molecular flexibility index (Phi) is 6.10. The lowest BCUT2D eigenvalue weighted by Crippen LogP contribution is -2.34. The minimum Gasteiger partial charge on any atom is -0.485 e. The van der Waals surface area contributed by atoms with E-state index in [9.17, 15) is 4.79 Å². The Hall–Kier alpha value is -0.980. The van der Waals surface area contributed by atoms with Crippen LogP contribution in [0.2, 0.25) is 15.6 Å². The van der Waals surface area contributed by atoms with E-state index in [4.69, 9.17) is 44.3 Å². The molecule has 0 aliphatic heterocycles. The zero-order valence-corrected chi connectivity index (χ0v) is 13.4. The molecule has 1 heterocycles. The highest BCUT2D eigenvalue weighted by Crippen LogP contribution is 2.30. The lowest BCUT2D eigenvalue weighted by Gasteiger charge is -2.19. The van der Waals surface area contributed by atoms with Gasteiger partial charge in [0, 0.05) is 0 Å². The average Bonchev–Trinajstić information content (AvgIpc) is 2.23. The highest BCUT2D eigenvalue weighted by atomic mass is 35.5. The van der Waals surface area contributed by atoms with Gasteiger partial charge in [-0.05, 0) is 32.4 Å². The first kappa shape index (κ1) is 17.1. The number of alkyl carbamates (subject to hydrolysis) is 1. The number of amides is 1. The van der Waals surface area contributed by atoms with Crippen molar-refractivity contribution in [3.63, 3.8) is 0 Å². The van der Waals surface area contributed by atoms with Crippen LogP contribution in [0.5, 0.6) is 5.75 Å². The molecule has 1 rings (SSSR count). The Balaban J connectivity index is 2.41. The molecule has 0 fully saturated rings. The first-order valence-electron chi connectivity index (χ1n) is 5.67. The third-order valence-electron chi connectivity index (χ3n) is 1.77. The summed E-state index contributed by atoms with van der Waals surface area (Å²) in [6.45, 7) is 5.66. The molecule has 0 aliphatic rings. The monoisotopic (exact) mass is 341 g/mol. The van der Waals surface area contributed by atoms with E-state index in [0.29, 0.717) is 0 Å². The molecule has 20 heavy (non-hydrogen) atoms. The second kappa shape index (κ2) is 7.15. The Morgan fingerprint density at radius 2 is 1.75 bits per heavy atom. The van der Waals surface area contributed by atoms with E-state index in [0.717, 1.165) is 0 Å². The number of nitrogens with one attached hydrogen (secondary N) is 1. The van der Waals surface area contributed by atoms with E-state index in [-0.39, 0.29) is 34.5 Å². The van der Waals surface area contributed by atoms with Gasteiger partial charge in [-0.3, -0.25) is 0 Å². The van der Waals surface area contributed by atoms with Gasteiger partial charge in [0.05, 0.1) is 6.54 Å². The predicted octanol–water partition coefficient (Wildman–Crippen LogP) is 3.34. The number of hydrogen-bond acceptors (Lipinski definition) is 5. The highest BCUT2D eigenvalue weighted by Gasteiger charge is 2.16. The van der Waals surface area contributed by atoms with Crippen molar-refractivity contribution in [1.29, 1.82) is 0 Å². The average molecular weight is 343 g/mol. The Labute approximate surface area is 131 Å². The molecule has 0 saturated heterocycles. The zero-order chi connectivity index (χ0) is 15.3. The third kappa shape index (κ3) is 5.98. The number of halogens is 3. The molecule has 0 saturated carbocycles. The number of aromatic nitrogens is 2. The lowest BCUT2D eigenvalue weighted by atomic mass is 10.2. The maximum absolute atomic E-state index is 11.4. The van der Waals surface area contributed by atoms with Gasteiger partial charge in [0.1, 0.15) is 12.2 Å². The van der Waals surface area contributed by atoms with Crippen LogP contribution < -0.4 is 10.1 Å². The molecule has 1 aromatic rings. The molecule has 1 amide bonds. The fourth-order valence-electron chi connectivity index (χ4n) is 1.11. The summed E-state index contributed by atoms with van der Waals surface area (Å²) in [4.78, 5) is 18.8. The predicted molar refractivity (Wildman–Crippen MR) is 76.8 cm³/mol. The molecule has 0 atom stereocenters. The molecular weight excluding hydrogens is 328 g/mol. The van der Waals surface area contributed by atoms with Gasteiger partial charge in [-0.15, -0.1) is 0 Å². The summed E-state index contributed by atoms with van der Waals surface area (Å²) in [6, 6.07) is 0. The number of carbonyl (C=O) groups is 1. The first-order chi connectivity index (χ1) is 9.19. The van der Waals surface area contributed by atoms with Crippen LogP contribution in [0.3, 0.4) is 0 Å². The van der Waals surface area contributed by atoms with Crippen LogP contribution in [-0.2, 0) is 4.74 Å². The van der Waals surface area contributed by atoms with Gasteiger partial charge < -0.3 is 14.8 Å². The van der Waals surface area contributed by atoms with Crippen LogP contribution in [-0.4, -0.2) is 34.8 Å². The standard InChI is InChI=1S/C11H14Cl3N3O3/c1-11(2,3)20-10(18)15-4-5-19-6-7(12)16-9(14)17-8(6)13/h4-5H2,1-3H3,(H,15,18). The number of ether oxygens (including phenoxy) is 2. The minimum atomic E-state index is -0.554. The zero-order valence-electron chi connectivity index (χ0n) is 11.2. The molecule has 0 aromatic carbocycles. The smallest absolute Gasteiger partial charge is 0.407 e. The summed E-state index contributed by atoms with van der Waals surface area (Å²) in [7, 11) is 0. The van der Waals surface area contributed by atoms with Gasteiger partial charge in [-0.25, -0.2) is 14.8 Å². The quantitative estimate of drug-likeness (QED) is 0.516. The van der Waals surface area contributed by atoms with Gasteiger partial charge in [0.25, 0.3) is 0 Å². The molecule has 0 bridgehead atoms. The van der Waals surface area contributed by atoms with Crippen molar-refractivity contribution in [3.8, 4) is 5.75 Å². The van der Waals surface area contributed by atoms with Crippen LogP contribution in [0.4, 0.5) is 4.79 Å². The molecule has 1 N–H and O–H groups in total. The van der Waals surface area contributed by atoms with Gasteiger partial charge in [0.15, 0.2) is 16.1 Å². The van der Waals surface area contributed by atoms with Gasteiger partial charge >= 0.3 is 6.09 Å². The summed E-state index contributed by atoms with van der Waals surface area (Å²) in [5, 5.41) is 2.46. The SMILES string of the molecule is CC(C)(C)OC(=O)NCCOc1c(Cl)nc(Cl)nc1Cl. The van der Waals surface area contributed by atoms with Crippen LogP contribution >= 0.6 is 34.8 Å². The number of hydrogen-bond donors (Lipinski definition) is 1. The van der Waals surface area contributed by atoms with Crippen molar-refractivity contribution in [2.24, 2.45) is 0 Å². The van der Waals surface area contributed by atoms with Crippen molar-refractivity contribution >= 4 is 40.9 Å². The maximum atomic E-state index is 11.4. The van der Waals surface area contributed by atoms with Crippen molar-refractivity contribution in [3.05, 3.63) is 15.6 Å². The van der Waals surface area contributed by atoms with E-state index in [1.54, 1.807) is 20.8 Å². The van der Waals surface area contributed by atoms with Crippen molar-refractivity contribution in [2.75, 3.05) is 13.2 Å². The lowest BCUT2D eigenvalue weighted by molar-refractivity contribution is 0.0520.